The maximum atomic E-state index is 12.3. The number of unbranched alkanes of at least 4 members (excludes halogenated alkanes) is 1. The molecule has 30 heavy (non-hydrogen) atoms. The number of hydrogen-bond acceptors (Lipinski definition) is 3. The molecule has 3 aromatic rings. The standard InChI is InChI=1S/C25H28N2O3/c1-19-8-12-23(13-9-19)30-17-5-4-15-26-24(28)14-16-27-25(29)22-11-10-20-6-2-3-7-21(20)18-22/h2-3,6-13,18H,4-5,14-17H2,1H3,(H,26,28)(H,27,29). The largest absolute Gasteiger partial charge is 0.494 e. The lowest BCUT2D eigenvalue weighted by Crippen LogP contribution is -2.31. The SMILES string of the molecule is Cc1ccc(OCCCCNC(=O)CCNC(=O)c2ccc3ccccc3c2)cc1. The molecular weight excluding hydrogens is 376 g/mol. The summed E-state index contributed by atoms with van der Waals surface area (Å²) in [5.41, 5.74) is 1.81. The zero-order chi connectivity index (χ0) is 21.2. The van der Waals surface area contributed by atoms with Gasteiger partial charge in [-0.25, -0.2) is 0 Å². The average molecular weight is 405 g/mol. The van der Waals surface area contributed by atoms with Crippen LogP contribution in [0.5, 0.6) is 5.75 Å². The number of ether oxygens (including phenoxy) is 1. The van der Waals surface area contributed by atoms with Crippen LogP contribution in [0.25, 0.3) is 10.8 Å². The van der Waals surface area contributed by atoms with Crippen molar-refractivity contribution in [1.29, 1.82) is 0 Å². The molecular formula is C25H28N2O3. The number of fused-ring (bicyclic) bond motifs is 1. The van der Waals surface area contributed by atoms with Crippen LogP contribution in [0.4, 0.5) is 0 Å². The molecule has 0 aliphatic heterocycles. The van der Waals surface area contributed by atoms with Crippen molar-refractivity contribution >= 4 is 22.6 Å². The smallest absolute Gasteiger partial charge is 0.251 e. The summed E-state index contributed by atoms with van der Waals surface area (Å²) in [5, 5.41) is 7.81. The molecule has 0 radical (unpaired) electrons. The van der Waals surface area contributed by atoms with Gasteiger partial charge in [0.05, 0.1) is 6.61 Å². The van der Waals surface area contributed by atoms with Crippen molar-refractivity contribution in [3.05, 3.63) is 77.9 Å². The predicted octanol–water partition coefficient (Wildman–Crippen LogP) is 4.24. The molecule has 0 aliphatic carbocycles. The monoisotopic (exact) mass is 404 g/mol. The second-order valence-electron chi connectivity index (χ2n) is 7.29. The highest BCUT2D eigenvalue weighted by molar-refractivity contribution is 5.98. The zero-order valence-electron chi connectivity index (χ0n) is 17.3. The number of hydrogen-bond donors (Lipinski definition) is 2. The molecule has 5 nitrogen and oxygen atoms in total. The first-order valence-electron chi connectivity index (χ1n) is 10.3. The molecule has 0 saturated heterocycles. The van der Waals surface area contributed by atoms with E-state index in [4.69, 9.17) is 4.74 Å². The maximum Gasteiger partial charge on any atom is 0.251 e. The van der Waals surface area contributed by atoms with Gasteiger partial charge in [-0.15, -0.1) is 0 Å². The van der Waals surface area contributed by atoms with Crippen molar-refractivity contribution in [1.82, 2.24) is 10.6 Å². The Bertz CT molecular complexity index is 983. The van der Waals surface area contributed by atoms with Crippen molar-refractivity contribution in [3.63, 3.8) is 0 Å². The van der Waals surface area contributed by atoms with E-state index in [-0.39, 0.29) is 18.2 Å². The molecule has 5 heteroatoms. The van der Waals surface area contributed by atoms with Gasteiger partial charge in [0, 0.05) is 25.1 Å². The molecule has 0 aromatic heterocycles. The molecule has 2 N–H and O–H groups in total. The Labute approximate surface area is 177 Å². The van der Waals surface area contributed by atoms with Crippen molar-refractivity contribution in [2.24, 2.45) is 0 Å². The van der Waals surface area contributed by atoms with Crippen LogP contribution in [0.1, 0.15) is 35.2 Å². The van der Waals surface area contributed by atoms with Gasteiger partial charge in [-0.05, 0) is 54.8 Å². The molecule has 0 heterocycles. The minimum absolute atomic E-state index is 0.0618. The number of rotatable bonds is 10. The molecule has 2 amide bonds. The fourth-order valence-electron chi connectivity index (χ4n) is 3.09. The topological polar surface area (TPSA) is 67.4 Å². The van der Waals surface area contributed by atoms with Crippen LogP contribution in [0, 0.1) is 6.92 Å². The van der Waals surface area contributed by atoms with E-state index in [1.54, 1.807) is 6.07 Å². The number of aryl methyl sites for hydroxylation is 1. The first-order valence-corrected chi connectivity index (χ1v) is 10.3. The highest BCUT2D eigenvalue weighted by Gasteiger charge is 2.07. The highest BCUT2D eigenvalue weighted by Crippen LogP contribution is 2.15. The molecule has 0 fully saturated rings. The van der Waals surface area contributed by atoms with Crippen molar-refractivity contribution < 1.29 is 14.3 Å². The summed E-state index contributed by atoms with van der Waals surface area (Å²) in [6.45, 7) is 3.59. The van der Waals surface area contributed by atoms with Gasteiger partial charge in [0.1, 0.15) is 5.75 Å². The van der Waals surface area contributed by atoms with Crippen LogP contribution < -0.4 is 15.4 Å². The summed E-state index contributed by atoms with van der Waals surface area (Å²) in [6, 6.07) is 21.5. The quantitative estimate of drug-likeness (QED) is 0.497. The van der Waals surface area contributed by atoms with Gasteiger partial charge >= 0.3 is 0 Å². The summed E-state index contributed by atoms with van der Waals surface area (Å²) in [6.07, 6.45) is 1.98. The minimum atomic E-state index is -0.165. The lowest BCUT2D eigenvalue weighted by atomic mass is 10.1. The van der Waals surface area contributed by atoms with E-state index in [2.05, 4.69) is 10.6 Å². The van der Waals surface area contributed by atoms with E-state index in [1.807, 2.05) is 67.6 Å². The Morgan fingerprint density at radius 1 is 0.833 bits per heavy atom. The molecule has 0 aliphatic rings. The van der Waals surface area contributed by atoms with Crippen LogP contribution >= 0.6 is 0 Å². The number of carbonyl (C=O) groups is 2. The fraction of sp³-hybridized carbons (Fsp3) is 0.280. The van der Waals surface area contributed by atoms with E-state index in [0.29, 0.717) is 25.3 Å². The van der Waals surface area contributed by atoms with Crippen LogP contribution in [0.2, 0.25) is 0 Å². The molecule has 0 spiro atoms. The lowest BCUT2D eigenvalue weighted by molar-refractivity contribution is -0.120. The van der Waals surface area contributed by atoms with E-state index < -0.39 is 0 Å². The molecule has 3 rings (SSSR count). The molecule has 0 unspecified atom stereocenters. The third-order valence-electron chi connectivity index (χ3n) is 4.83. The third kappa shape index (κ3) is 6.62. The molecule has 156 valence electrons. The van der Waals surface area contributed by atoms with Crippen LogP contribution in [-0.4, -0.2) is 31.5 Å². The number of carbonyl (C=O) groups excluding carboxylic acids is 2. The normalized spacial score (nSPS) is 10.6. The molecule has 0 bridgehead atoms. The Balaban J connectivity index is 1.27. The Morgan fingerprint density at radius 3 is 2.40 bits per heavy atom. The molecule has 3 aromatic carbocycles. The number of benzene rings is 3. The molecule has 0 saturated carbocycles. The zero-order valence-corrected chi connectivity index (χ0v) is 17.3. The summed E-state index contributed by atoms with van der Waals surface area (Å²) >= 11 is 0. The minimum Gasteiger partial charge on any atom is -0.494 e. The van der Waals surface area contributed by atoms with Gasteiger partial charge in [0.15, 0.2) is 0 Å². The van der Waals surface area contributed by atoms with Gasteiger partial charge in [-0.1, -0.05) is 48.0 Å². The van der Waals surface area contributed by atoms with Crippen LogP contribution in [0.15, 0.2) is 66.7 Å². The van der Waals surface area contributed by atoms with Crippen LogP contribution in [0.3, 0.4) is 0 Å². The van der Waals surface area contributed by atoms with Gasteiger partial charge in [-0.3, -0.25) is 9.59 Å². The second kappa shape index (κ2) is 11.0. The maximum absolute atomic E-state index is 12.3. The fourth-order valence-corrected chi connectivity index (χ4v) is 3.09. The first-order chi connectivity index (χ1) is 14.6. The van der Waals surface area contributed by atoms with E-state index in [1.165, 1.54) is 5.56 Å². The Hall–Kier alpha value is -3.34. The Morgan fingerprint density at radius 2 is 1.60 bits per heavy atom. The van der Waals surface area contributed by atoms with E-state index >= 15 is 0 Å². The highest BCUT2D eigenvalue weighted by atomic mass is 16.5. The number of nitrogens with one attached hydrogen (secondary N) is 2. The van der Waals surface area contributed by atoms with Crippen LogP contribution in [-0.2, 0) is 4.79 Å². The lowest BCUT2D eigenvalue weighted by Gasteiger charge is -2.08. The Kier molecular flexibility index (Phi) is 7.84. The van der Waals surface area contributed by atoms with Gasteiger partial charge in [0.25, 0.3) is 5.91 Å². The van der Waals surface area contributed by atoms with Gasteiger partial charge < -0.3 is 15.4 Å². The predicted molar refractivity (Wildman–Crippen MR) is 120 cm³/mol. The van der Waals surface area contributed by atoms with E-state index in [9.17, 15) is 9.59 Å². The van der Waals surface area contributed by atoms with Crippen molar-refractivity contribution in [2.75, 3.05) is 19.7 Å². The molecule has 0 atom stereocenters. The summed E-state index contributed by atoms with van der Waals surface area (Å²) in [5.74, 6) is 0.641. The number of amides is 2. The third-order valence-corrected chi connectivity index (χ3v) is 4.83. The van der Waals surface area contributed by atoms with Crippen molar-refractivity contribution in [2.45, 2.75) is 26.2 Å². The van der Waals surface area contributed by atoms with Crippen molar-refractivity contribution in [3.8, 4) is 5.75 Å². The van der Waals surface area contributed by atoms with Gasteiger partial charge in [0.2, 0.25) is 5.91 Å². The average Bonchev–Trinajstić information content (AvgIpc) is 2.77. The van der Waals surface area contributed by atoms with E-state index in [0.717, 1.165) is 29.4 Å². The summed E-state index contributed by atoms with van der Waals surface area (Å²) < 4.78 is 5.67. The second-order valence-corrected chi connectivity index (χ2v) is 7.29. The van der Waals surface area contributed by atoms with Gasteiger partial charge in [-0.2, -0.15) is 0 Å². The summed E-state index contributed by atoms with van der Waals surface area (Å²) in [4.78, 5) is 24.2. The summed E-state index contributed by atoms with van der Waals surface area (Å²) in [7, 11) is 0. The first kappa shape index (κ1) is 21.4.